The first kappa shape index (κ1) is 21.7. The molecular weight excluding hydrogens is 463 g/mol. The Hall–Kier alpha value is -0.580. The molecule has 0 unspecified atom stereocenters. The number of nitrogens with one attached hydrogen (secondary N) is 1. The van der Waals surface area contributed by atoms with Crippen LogP contribution in [0.1, 0.15) is 19.8 Å². The van der Waals surface area contributed by atoms with Gasteiger partial charge in [-0.25, -0.2) is 0 Å². The van der Waals surface area contributed by atoms with Gasteiger partial charge in [0.25, 0.3) is 0 Å². The molecule has 2 saturated heterocycles. The molecule has 8 heteroatoms. The molecule has 3 heterocycles. The van der Waals surface area contributed by atoms with E-state index in [1.54, 1.807) is 11.3 Å². The molecule has 0 atom stereocenters. The van der Waals surface area contributed by atoms with Crippen LogP contribution in [0.3, 0.4) is 0 Å². The SMILES string of the molecule is CCNC(=NCC1(CO)CCOCC1)N1CCN(c2cccs2)CC1.I. The number of hydrogen-bond acceptors (Lipinski definition) is 5. The van der Waals surface area contributed by atoms with Crippen LogP contribution in [0.15, 0.2) is 22.5 Å². The second kappa shape index (κ2) is 10.7. The van der Waals surface area contributed by atoms with Crippen molar-refractivity contribution in [1.29, 1.82) is 0 Å². The van der Waals surface area contributed by atoms with Gasteiger partial charge in [0.15, 0.2) is 5.96 Å². The normalized spacial score (nSPS) is 20.6. The van der Waals surface area contributed by atoms with Gasteiger partial charge in [0.1, 0.15) is 0 Å². The number of hydrogen-bond donors (Lipinski definition) is 2. The molecule has 6 nitrogen and oxygen atoms in total. The van der Waals surface area contributed by atoms with Crippen molar-refractivity contribution in [2.24, 2.45) is 10.4 Å². The van der Waals surface area contributed by atoms with E-state index in [1.807, 2.05) is 0 Å². The van der Waals surface area contributed by atoms with Crippen LogP contribution in [0.5, 0.6) is 0 Å². The van der Waals surface area contributed by atoms with Crippen molar-refractivity contribution in [2.75, 3.05) is 64.0 Å². The number of thiophene rings is 1. The highest BCUT2D eigenvalue weighted by Gasteiger charge is 2.32. The van der Waals surface area contributed by atoms with Crippen molar-refractivity contribution in [2.45, 2.75) is 19.8 Å². The number of rotatable bonds is 5. The third-order valence-electron chi connectivity index (χ3n) is 5.19. The van der Waals surface area contributed by atoms with E-state index in [0.717, 1.165) is 64.7 Å². The van der Waals surface area contributed by atoms with E-state index in [9.17, 15) is 5.11 Å². The van der Waals surface area contributed by atoms with Gasteiger partial charge in [-0.2, -0.15) is 0 Å². The number of guanidine groups is 1. The standard InChI is InChI=1S/C18H30N4O2S.HI/c1-2-19-17(20-14-18(15-23)5-11-24-12-6-18)22-9-7-21(8-10-22)16-4-3-13-25-16;/h3-4,13,23H,2,5-12,14-15H2,1H3,(H,19,20);1H. The molecule has 0 amide bonds. The van der Waals surface area contributed by atoms with Crippen LogP contribution >= 0.6 is 35.3 Å². The molecule has 1 aromatic heterocycles. The summed E-state index contributed by atoms with van der Waals surface area (Å²) in [6, 6.07) is 4.30. The summed E-state index contributed by atoms with van der Waals surface area (Å²) in [6.45, 7) is 9.25. The molecule has 0 radical (unpaired) electrons. The highest BCUT2D eigenvalue weighted by molar-refractivity contribution is 14.0. The predicted octanol–water partition coefficient (Wildman–Crippen LogP) is 2.24. The molecule has 2 aliphatic rings. The molecule has 2 aliphatic heterocycles. The summed E-state index contributed by atoms with van der Waals surface area (Å²) in [6.07, 6.45) is 1.77. The lowest BCUT2D eigenvalue weighted by molar-refractivity contribution is -0.0107. The number of anilines is 1. The van der Waals surface area contributed by atoms with Gasteiger partial charge in [0.2, 0.25) is 0 Å². The molecule has 0 aromatic carbocycles. The monoisotopic (exact) mass is 494 g/mol. The number of aliphatic imine (C=N–C) groups is 1. The lowest BCUT2D eigenvalue weighted by Crippen LogP contribution is -2.52. The number of piperazine rings is 1. The van der Waals surface area contributed by atoms with E-state index in [2.05, 4.69) is 39.6 Å². The van der Waals surface area contributed by atoms with Gasteiger partial charge in [-0.05, 0) is 37.3 Å². The van der Waals surface area contributed by atoms with Gasteiger partial charge in [-0.1, -0.05) is 0 Å². The topological polar surface area (TPSA) is 60.3 Å². The first-order valence-electron chi connectivity index (χ1n) is 9.27. The van der Waals surface area contributed by atoms with Crippen molar-refractivity contribution < 1.29 is 9.84 Å². The zero-order chi connectivity index (χ0) is 17.5. The van der Waals surface area contributed by atoms with Crippen molar-refractivity contribution in [3.63, 3.8) is 0 Å². The Morgan fingerprint density at radius 1 is 1.31 bits per heavy atom. The van der Waals surface area contributed by atoms with Crippen LogP contribution in [0.25, 0.3) is 0 Å². The molecule has 0 aliphatic carbocycles. The summed E-state index contributed by atoms with van der Waals surface area (Å²) in [5.74, 6) is 0.979. The Kier molecular flexibility index (Phi) is 8.92. The molecule has 1 aromatic rings. The zero-order valence-electron chi connectivity index (χ0n) is 15.5. The van der Waals surface area contributed by atoms with Gasteiger partial charge in [-0.15, -0.1) is 35.3 Å². The summed E-state index contributed by atoms with van der Waals surface area (Å²) in [4.78, 5) is 9.68. The number of aliphatic hydroxyl groups is 1. The van der Waals surface area contributed by atoms with E-state index < -0.39 is 0 Å². The quantitative estimate of drug-likeness (QED) is 0.374. The smallest absolute Gasteiger partial charge is 0.194 e. The van der Waals surface area contributed by atoms with Crippen molar-refractivity contribution in [1.82, 2.24) is 10.2 Å². The van der Waals surface area contributed by atoms with E-state index in [1.165, 1.54) is 5.00 Å². The summed E-state index contributed by atoms with van der Waals surface area (Å²) >= 11 is 1.80. The Morgan fingerprint density at radius 2 is 2.04 bits per heavy atom. The molecule has 0 saturated carbocycles. The predicted molar refractivity (Wildman–Crippen MR) is 119 cm³/mol. The minimum Gasteiger partial charge on any atom is -0.396 e. The van der Waals surface area contributed by atoms with Gasteiger partial charge >= 0.3 is 0 Å². The van der Waals surface area contributed by atoms with Gasteiger partial charge < -0.3 is 25.0 Å². The molecule has 148 valence electrons. The molecular formula is C18H31IN4O2S. The number of aliphatic hydroxyl groups excluding tert-OH is 1. The number of halogens is 1. The molecule has 2 N–H and O–H groups in total. The van der Waals surface area contributed by atoms with Crippen molar-refractivity contribution >= 4 is 46.3 Å². The average molecular weight is 494 g/mol. The molecule has 0 bridgehead atoms. The summed E-state index contributed by atoms with van der Waals surface area (Å²) in [7, 11) is 0. The fourth-order valence-corrected chi connectivity index (χ4v) is 4.21. The van der Waals surface area contributed by atoms with E-state index in [-0.39, 0.29) is 36.0 Å². The summed E-state index contributed by atoms with van der Waals surface area (Å²) < 4.78 is 5.45. The van der Waals surface area contributed by atoms with Crippen molar-refractivity contribution in [3.8, 4) is 0 Å². The summed E-state index contributed by atoms with van der Waals surface area (Å²) in [5, 5.41) is 16.8. The molecule has 2 fully saturated rings. The second-order valence-corrected chi connectivity index (χ2v) is 7.79. The summed E-state index contributed by atoms with van der Waals surface area (Å²) in [5.41, 5.74) is -0.113. The second-order valence-electron chi connectivity index (χ2n) is 6.87. The highest BCUT2D eigenvalue weighted by atomic mass is 127. The average Bonchev–Trinajstić information content (AvgIpc) is 3.21. The van der Waals surface area contributed by atoms with Crippen LogP contribution in [0, 0.1) is 5.41 Å². The largest absolute Gasteiger partial charge is 0.396 e. The highest BCUT2D eigenvalue weighted by Crippen LogP contribution is 2.30. The first-order chi connectivity index (χ1) is 12.3. The lowest BCUT2D eigenvalue weighted by Gasteiger charge is -2.38. The fraction of sp³-hybridized carbons (Fsp3) is 0.722. The van der Waals surface area contributed by atoms with Crippen molar-refractivity contribution in [3.05, 3.63) is 17.5 Å². The fourth-order valence-electron chi connectivity index (χ4n) is 3.43. The first-order valence-corrected chi connectivity index (χ1v) is 10.1. The minimum absolute atomic E-state index is 0. The van der Waals surface area contributed by atoms with E-state index in [4.69, 9.17) is 9.73 Å². The Balaban J connectivity index is 0.00000243. The van der Waals surface area contributed by atoms with Crippen LogP contribution in [0.4, 0.5) is 5.00 Å². The van der Waals surface area contributed by atoms with Crippen LogP contribution in [-0.4, -0.2) is 75.1 Å². The van der Waals surface area contributed by atoms with Crippen LogP contribution < -0.4 is 10.2 Å². The molecule has 3 rings (SSSR count). The molecule has 0 spiro atoms. The Bertz CT molecular complexity index is 541. The van der Waals surface area contributed by atoms with Gasteiger partial charge in [0.05, 0.1) is 18.2 Å². The number of ether oxygens (including phenoxy) is 1. The lowest BCUT2D eigenvalue weighted by atomic mass is 9.81. The van der Waals surface area contributed by atoms with Gasteiger partial charge in [-0.3, -0.25) is 4.99 Å². The third-order valence-corrected chi connectivity index (χ3v) is 6.11. The zero-order valence-corrected chi connectivity index (χ0v) is 18.7. The Labute approximate surface area is 177 Å². The maximum absolute atomic E-state index is 9.87. The molecule has 26 heavy (non-hydrogen) atoms. The minimum atomic E-state index is -0.113. The Morgan fingerprint density at radius 3 is 2.62 bits per heavy atom. The maximum Gasteiger partial charge on any atom is 0.194 e. The van der Waals surface area contributed by atoms with E-state index >= 15 is 0 Å². The maximum atomic E-state index is 9.87. The number of nitrogens with zero attached hydrogens (tertiary/aromatic N) is 3. The van der Waals surface area contributed by atoms with Crippen LogP contribution in [0.2, 0.25) is 0 Å². The third kappa shape index (κ3) is 5.46. The van der Waals surface area contributed by atoms with Gasteiger partial charge in [0, 0.05) is 51.4 Å². The van der Waals surface area contributed by atoms with Crippen LogP contribution in [-0.2, 0) is 4.74 Å². The van der Waals surface area contributed by atoms with E-state index in [0.29, 0.717) is 6.54 Å².